The topological polar surface area (TPSA) is 118 Å². The quantitative estimate of drug-likeness (QED) is 0.337. The molecule has 35 heavy (non-hydrogen) atoms. The van der Waals surface area contributed by atoms with Crippen LogP contribution in [0.2, 0.25) is 0 Å². The summed E-state index contributed by atoms with van der Waals surface area (Å²) in [6, 6.07) is 24.1. The Morgan fingerprint density at radius 2 is 1.00 bits per heavy atom. The van der Waals surface area contributed by atoms with Crippen LogP contribution in [0.3, 0.4) is 0 Å². The molecule has 2 N–H and O–H groups in total. The fourth-order valence-corrected chi connectivity index (χ4v) is 3.48. The van der Waals surface area contributed by atoms with Crippen molar-refractivity contribution in [3.63, 3.8) is 0 Å². The second-order valence-electron chi connectivity index (χ2n) is 7.52. The Balaban J connectivity index is 1.82. The molecule has 4 aromatic rings. The zero-order valence-corrected chi connectivity index (χ0v) is 18.2. The minimum Gasteiger partial charge on any atom is -0.478 e. The summed E-state index contributed by atoms with van der Waals surface area (Å²) in [5.74, 6) is -2.67. The Morgan fingerprint density at radius 3 is 1.51 bits per heavy atom. The molecule has 0 heterocycles. The number of carboxylic acids is 2. The number of hydrogen-bond donors (Lipinski definition) is 2. The van der Waals surface area contributed by atoms with Crippen molar-refractivity contribution in [1.29, 1.82) is 0 Å². The van der Waals surface area contributed by atoms with E-state index in [2.05, 4.69) is 0 Å². The molecule has 4 rings (SSSR count). The summed E-state index contributed by atoms with van der Waals surface area (Å²) >= 11 is 0. The molecular formula is C28H18O7. The third-order valence-corrected chi connectivity index (χ3v) is 5.26. The molecule has 0 amide bonds. The summed E-state index contributed by atoms with van der Waals surface area (Å²) in [6.45, 7) is 0. The second kappa shape index (κ2) is 9.84. The van der Waals surface area contributed by atoms with Gasteiger partial charge in [-0.25, -0.2) is 9.59 Å². The maximum Gasteiger partial charge on any atom is 0.335 e. The molecule has 7 nitrogen and oxygen atoms in total. The molecule has 0 unspecified atom stereocenters. The van der Waals surface area contributed by atoms with E-state index in [0.717, 1.165) is 0 Å². The van der Waals surface area contributed by atoms with Gasteiger partial charge >= 0.3 is 11.9 Å². The second-order valence-corrected chi connectivity index (χ2v) is 7.52. The number of ketones is 2. The highest BCUT2D eigenvalue weighted by Crippen LogP contribution is 2.31. The van der Waals surface area contributed by atoms with E-state index in [9.17, 15) is 19.2 Å². The van der Waals surface area contributed by atoms with Gasteiger partial charge in [0.25, 0.3) is 0 Å². The summed E-state index contributed by atoms with van der Waals surface area (Å²) in [7, 11) is 0. The summed E-state index contributed by atoms with van der Waals surface area (Å²) in [5.41, 5.74) is 0.486. The summed E-state index contributed by atoms with van der Waals surface area (Å²) < 4.78 is 5.95. The van der Waals surface area contributed by atoms with Crippen LogP contribution < -0.4 is 4.74 Å². The van der Waals surface area contributed by atoms with Crippen LogP contribution in [-0.4, -0.2) is 33.7 Å². The number of carboxylic acid groups (broad SMARTS) is 2. The Hall–Kier alpha value is -5.04. The zero-order valence-electron chi connectivity index (χ0n) is 18.2. The molecule has 0 aromatic heterocycles. The van der Waals surface area contributed by atoms with E-state index < -0.39 is 23.5 Å². The van der Waals surface area contributed by atoms with Gasteiger partial charge in [-0.2, -0.15) is 0 Å². The van der Waals surface area contributed by atoms with E-state index in [1.165, 1.54) is 54.6 Å². The zero-order chi connectivity index (χ0) is 24.9. The van der Waals surface area contributed by atoms with Crippen molar-refractivity contribution >= 4 is 23.5 Å². The van der Waals surface area contributed by atoms with Gasteiger partial charge in [-0.05, 0) is 42.5 Å². The van der Waals surface area contributed by atoms with Crippen molar-refractivity contribution in [2.24, 2.45) is 0 Å². The van der Waals surface area contributed by atoms with Gasteiger partial charge in [-0.1, -0.05) is 54.6 Å². The average Bonchev–Trinajstić information content (AvgIpc) is 2.88. The van der Waals surface area contributed by atoms with Crippen molar-refractivity contribution in [1.82, 2.24) is 0 Å². The van der Waals surface area contributed by atoms with Gasteiger partial charge in [-0.3, -0.25) is 9.59 Å². The van der Waals surface area contributed by atoms with Crippen LogP contribution in [0.4, 0.5) is 0 Å². The molecule has 7 heteroatoms. The molecule has 0 spiro atoms. The van der Waals surface area contributed by atoms with E-state index in [0.29, 0.717) is 5.75 Å². The Labute approximate surface area is 199 Å². The Kier molecular flexibility index (Phi) is 6.50. The number of aromatic carboxylic acids is 2. The van der Waals surface area contributed by atoms with Crippen molar-refractivity contribution in [2.75, 3.05) is 0 Å². The van der Waals surface area contributed by atoms with E-state index in [1.54, 1.807) is 36.4 Å². The van der Waals surface area contributed by atoms with Gasteiger partial charge in [0.15, 0.2) is 11.6 Å². The van der Waals surface area contributed by atoms with E-state index in [-0.39, 0.29) is 39.1 Å². The van der Waals surface area contributed by atoms with Crippen LogP contribution in [0.15, 0.2) is 97.1 Å². The molecule has 0 aliphatic rings. The van der Waals surface area contributed by atoms with Crippen molar-refractivity contribution < 1.29 is 34.1 Å². The lowest BCUT2D eigenvalue weighted by molar-refractivity contribution is 0.0686. The first kappa shape index (κ1) is 23.1. The highest BCUT2D eigenvalue weighted by atomic mass is 16.5. The van der Waals surface area contributed by atoms with Gasteiger partial charge in [-0.15, -0.1) is 0 Å². The first-order valence-electron chi connectivity index (χ1n) is 10.5. The van der Waals surface area contributed by atoms with Gasteiger partial charge in [0.1, 0.15) is 11.5 Å². The minimum absolute atomic E-state index is 0.00624. The predicted molar refractivity (Wildman–Crippen MR) is 127 cm³/mol. The average molecular weight is 466 g/mol. The molecule has 0 atom stereocenters. The lowest BCUT2D eigenvalue weighted by Crippen LogP contribution is -2.13. The maximum atomic E-state index is 13.6. The highest BCUT2D eigenvalue weighted by molar-refractivity contribution is 6.21. The van der Waals surface area contributed by atoms with Crippen molar-refractivity contribution in [3.8, 4) is 11.5 Å². The molecule has 0 saturated heterocycles. The van der Waals surface area contributed by atoms with Gasteiger partial charge in [0.05, 0.1) is 16.7 Å². The summed E-state index contributed by atoms with van der Waals surface area (Å²) in [6.07, 6.45) is 0. The van der Waals surface area contributed by atoms with Crippen LogP contribution in [0.25, 0.3) is 0 Å². The number of ether oxygens (including phenoxy) is 1. The number of carbonyl (C=O) groups excluding carboxylic acids is 2. The number of para-hydroxylation sites is 1. The predicted octanol–water partition coefficient (Wildman–Crippen LogP) is 5.34. The minimum atomic E-state index is -1.13. The third-order valence-electron chi connectivity index (χ3n) is 5.26. The fraction of sp³-hybridized carbons (Fsp3) is 0. The molecule has 172 valence electrons. The molecule has 0 aliphatic carbocycles. The Morgan fingerprint density at radius 1 is 0.514 bits per heavy atom. The Bertz CT molecular complexity index is 1420. The summed E-state index contributed by atoms with van der Waals surface area (Å²) in [4.78, 5) is 49.3. The monoisotopic (exact) mass is 466 g/mol. The SMILES string of the molecule is O=C(O)c1ccc(C(=O)c2cccc(Oc3ccccc3)c2C(=O)c2ccc(C(=O)O)cc2)cc1. The van der Waals surface area contributed by atoms with E-state index >= 15 is 0 Å². The smallest absolute Gasteiger partial charge is 0.335 e. The first-order chi connectivity index (χ1) is 16.8. The standard InChI is InChI=1S/C28H18O7/c29-25(17-9-13-19(14-10-17)27(31)32)22-7-4-8-23(35-21-5-2-1-3-6-21)24(22)26(30)18-11-15-20(16-12-18)28(33)34/h1-16H,(H,31,32)(H,33,34). The number of rotatable bonds is 8. The molecule has 0 bridgehead atoms. The van der Waals surface area contributed by atoms with Crippen LogP contribution >= 0.6 is 0 Å². The van der Waals surface area contributed by atoms with Gasteiger partial charge < -0.3 is 14.9 Å². The van der Waals surface area contributed by atoms with E-state index in [1.807, 2.05) is 6.07 Å². The van der Waals surface area contributed by atoms with Crippen molar-refractivity contribution in [2.45, 2.75) is 0 Å². The van der Waals surface area contributed by atoms with Crippen LogP contribution in [0.1, 0.15) is 52.6 Å². The lowest BCUT2D eigenvalue weighted by Gasteiger charge is -2.15. The molecular weight excluding hydrogens is 448 g/mol. The van der Waals surface area contributed by atoms with E-state index in [4.69, 9.17) is 14.9 Å². The molecule has 0 saturated carbocycles. The summed E-state index contributed by atoms with van der Waals surface area (Å²) in [5, 5.41) is 18.3. The largest absolute Gasteiger partial charge is 0.478 e. The van der Waals surface area contributed by atoms with Crippen LogP contribution in [0, 0.1) is 0 Å². The molecule has 0 fully saturated rings. The third kappa shape index (κ3) is 4.99. The molecule has 4 aromatic carbocycles. The number of benzene rings is 4. The first-order valence-corrected chi connectivity index (χ1v) is 10.5. The van der Waals surface area contributed by atoms with Gasteiger partial charge in [0, 0.05) is 16.7 Å². The van der Waals surface area contributed by atoms with Crippen LogP contribution in [-0.2, 0) is 0 Å². The lowest BCUT2D eigenvalue weighted by atomic mass is 9.92. The normalized spacial score (nSPS) is 10.4. The number of hydrogen-bond acceptors (Lipinski definition) is 5. The molecule has 0 radical (unpaired) electrons. The molecule has 0 aliphatic heterocycles. The number of carbonyl (C=O) groups is 4. The van der Waals surface area contributed by atoms with Gasteiger partial charge in [0.2, 0.25) is 0 Å². The van der Waals surface area contributed by atoms with Crippen LogP contribution in [0.5, 0.6) is 11.5 Å². The highest BCUT2D eigenvalue weighted by Gasteiger charge is 2.25. The maximum absolute atomic E-state index is 13.6. The fourth-order valence-electron chi connectivity index (χ4n) is 3.48. The van der Waals surface area contributed by atoms with Crippen molar-refractivity contribution in [3.05, 3.63) is 130 Å².